The van der Waals surface area contributed by atoms with Crippen molar-refractivity contribution in [2.45, 2.75) is 92.9 Å². The van der Waals surface area contributed by atoms with Gasteiger partial charge in [0.15, 0.2) is 44.8 Å². The minimum absolute atomic E-state index is 0.250. The minimum atomic E-state index is -2.00. The van der Waals surface area contributed by atoms with Gasteiger partial charge in [-0.3, -0.25) is 24.7 Å². The predicted molar refractivity (Wildman–Crippen MR) is 522 cm³/mol. The summed E-state index contributed by atoms with van der Waals surface area (Å²) in [4.78, 5) is 38.0. The smallest absolute Gasteiger partial charge is 0.228 e. The second-order valence-electron chi connectivity index (χ2n) is 36.7. The van der Waals surface area contributed by atoms with Crippen LogP contribution in [-0.4, -0.2) is 221 Å². The zero-order valence-electron chi connectivity index (χ0n) is 78.2. The Labute approximate surface area is 822 Å². The van der Waals surface area contributed by atoms with Gasteiger partial charge in [-0.25, -0.2) is 0 Å². The van der Waals surface area contributed by atoms with Crippen LogP contribution in [0.1, 0.15) is 102 Å². The Morgan fingerprint density at radius 1 is 0.377 bits per heavy atom. The molecule has 0 saturated heterocycles. The third-order valence-electron chi connectivity index (χ3n) is 28.4. The van der Waals surface area contributed by atoms with Gasteiger partial charge in [-0.1, -0.05) is 202 Å². The number of fused-ring (bicyclic) bond motifs is 12. The summed E-state index contributed by atoms with van der Waals surface area (Å²) in [6, 6.07) is 72.5. The molecule has 0 bridgehead atoms. The van der Waals surface area contributed by atoms with Gasteiger partial charge in [0.25, 0.3) is 0 Å². The molecule has 12 aromatic rings. The number of aromatic nitrogens is 4. The van der Waals surface area contributed by atoms with E-state index in [1.807, 2.05) is 227 Å². The number of amides is 1. The van der Waals surface area contributed by atoms with Crippen LogP contribution in [0.3, 0.4) is 0 Å². The second-order valence-corrected chi connectivity index (χ2v) is 38.8. The average Bonchev–Trinajstić information content (AvgIpc) is 1.45. The van der Waals surface area contributed by atoms with Gasteiger partial charge in [-0.15, -0.1) is 0 Å². The maximum absolute atomic E-state index is 13.6. The summed E-state index contributed by atoms with van der Waals surface area (Å²) < 4.78 is 61.1. The zero-order valence-corrected chi connectivity index (χ0v) is 82.2. The molecule has 1 amide bonds. The normalized spacial score (nSPS) is 28.9. The molecule has 4 aromatic heterocycles. The fraction of sp³-hybridized carbons (Fsp3) is 0.336. The van der Waals surface area contributed by atoms with E-state index in [0.29, 0.717) is 104 Å². The van der Waals surface area contributed by atoms with E-state index in [1.54, 1.807) is 87.4 Å². The molecule has 27 nitrogen and oxygen atoms in total. The molecule has 20 rings (SSSR count). The first kappa shape index (κ1) is 99.0. The van der Waals surface area contributed by atoms with Gasteiger partial charge in [-0.2, -0.15) is 14.4 Å². The Morgan fingerprint density at radius 2 is 0.601 bits per heavy atom. The summed E-state index contributed by atoms with van der Waals surface area (Å²) in [5.74, 6) is -1.41. The highest BCUT2D eigenvalue weighted by molar-refractivity contribution is 9.10. The summed E-state index contributed by atoms with van der Waals surface area (Å²) >= 11 is 7.24. The zero-order chi connectivity index (χ0) is 98.5. The number of nitrogens with zero attached hydrogens (tertiary/aromatic N) is 10. The monoisotopic (exact) mass is 2010 g/mol. The number of halogens is 3. The van der Waals surface area contributed by atoms with Crippen molar-refractivity contribution < 1.29 is 87.4 Å². The number of hydrogen-bond acceptors (Lipinski definition) is 27. The number of hydrogen-bond donors (Lipinski definition) is 8. The van der Waals surface area contributed by atoms with Crippen LogP contribution in [0.25, 0.3) is 0 Å². The molecule has 8 aromatic carbocycles. The maximum Gasteiger partial charge on any atom is 0.228 e. The van der Waals surface area contributed by atoms with Crippen molar-refractivity contribution in [3.05, 3.63) is 355 Å². The Hall–Kier alpha value is -12.0. The number of nitriles is 2. The van der Waals surface area contributed by atoms with Crippen LogP contribution in [0.5, 0.6) is 46.0 Å². The summed E-state index contributed by atoms with van der Waals surface area (Å²) in [5, 5.41) is 117. The van der Waals surface area contributed by atoms with Crippen molar-refractivity contribution in [2.75, 3.05) is 111 Å². The van der Waals surface area contributed by atoms with E-state index in [4.69, 9.17) is 37.9 Å². The summed E-state index contributed by atoms with van der Waals surface area (Å²) in [6.45, 7) is 1.60. The van der Waals surface area contributed by atoms with Crippen LogP contribution in [-0.2, 0) is 49.6 Å². The van der Waals surface area contributed by atoms with Gasteiger partial charge in [0.2, 0.25) is 5.91 Å². The maximum atomic E-state index is 13.6. The molecule has 8 heterocycles. The molecule has 8 N–H and O–H groups in total. The van der Waals surface area contributed by atoms with Crippen LogP contribution in [0.15, 0.2) is 277 Å². The Morgan fingerprint density at radius 3 is 0.826 bits per heavy atom. The van der Waals surface area contributed by atoms with Gasteiger partial charge in [-0.05, 0) is 135 Å². The van der Waals surface area contributed by atoms with Crippen molar-refractivity contribution >= 4 is 49.9 Å². The number of benzene rings is 8. The highest BCUT2D eigenvalue weighted by atomic mass is 79.9. The average molecular weight is 2020 g/mol. The van der Waals surface area contributed by atoms with E-state index in [1.165, 1.54) is 64.4 Å². The lowest BCUT2D eigenvalue weighted by molar-refractivity contribution is -0.156. The number of aliphatic hydroxyl groups excluding tert-OH is 4. The highest BCUT2D eigenvalue weighted by Crippen LogP contribution is 2.75. The second kappa shape index (κ2) is 39.4. The number of aliphatic hydroxyl groups is 8. The largest absolute Gasteiger partial charge is 0.495 e. The lowest BCUT2D eigenvalue weighted by Gasteiger charge is -2.41. The van der Waals surface area contributed by atoms with E-state index in [-0.39, 0.29) is 53.0 Å². The third-order valence-corrected chi connectivity index (χ3v) is 29.5. The summed E-state index contributed by atoms with van der Waals surface area (Å²) in [7, 11) is 21.0. The van der Waals surface area contributed by atoms with Crippen molar-refractivity contribution in [1.82, 2.24) is 39.5 Å². The van der Waals surface area contributed by atoms with Crippen molar-refractivity contribution in [3.8, 4) is 58.1 Å². The van der Waals surface area contributed by atoms with Gasteiger partial charge in [0.1, 0.15) is 52.1 Å². The molecular formula is C107H109Br2FN10O17S. The number of carbonyl (C=O) groups is 1. The Kier molecular flexibility index (Phi) is 28.2. The van der Waals surface area contributed by atoms with Crippen LogP contribution in [0.4, 0.5) is 3.89 Å². The number of ether oxygens (including phenoxy) is 8. The van der Waals surface area contributed by atoms with E-state index < -0.39 is 92.9 Å². The Bertz CT molecular complexity index is 6260. The van der Waals surface area contributed by atoms with Gasteiger partial charge < -0.3 is 98.3 Å². The van der Waals surface area contributed by atoms with E-state index in [9.17, 15) is 60.1 Å². The molecule has 4 aliphatic heterocycles. The van der Waals surface area contributed by atoms with E-state index >= 15 is 0 Å². The molecule has 4 saturated carbocycles. The van der Waals surface area contributed by atoms with Crippen LogP contribution in [0, 0.1) is 46.3 Å². The number of methoxy groups -OCH3 is 4. The summed E-state index contributed by atoms with van der Waals surface area (Å²) in [6.07, 6.45) is 8.70. The topological polar surface area (TPSA) is 365 Å². The standard InChI is InChI=1S/2C27H27N3O4.C26H25BrN2O5.C26H27BrN2O4.CH3FS/c2*1-30(2)16-20-23(18-7-5-4-6-8-18)27(19-11-9-17(13-28)10-12-19)26(32,25(20)31)24-21(33-3)14-29-15-22(24)34-27;1-29(2)24(31)20-21(15-7-5-4-6-8-15)26(16-9-11-17(27)12-10-16)25(32,23(20)30)22-18(33-3)13-28-14-19(22)34-26;1-29(2)15-19-22(16-7-5-4-6-8-16)26(17-9-11-18(27)12-10-17)25(31,24(19)30)23-20(32-3)13-28-14-21(23)33-26;1-3-2/h2*4-12,14-15,20,23,25,31-32H,16H2,1-3H3;4-14,20-21,23,30,32H,1-3H3;4-14,19,22,24,30-31H,15H2,1-3H3;1H3/t2*20-,23-,25-,26+,27+;20-,21-,23-,25+,26+;19-,22-,24-,25+,26+;/m1111./s1. The molecule has 0 unspecified atom stereocenters. The summed E-state index contributed by atoms with van der Waals surface area (Å²) in [5.41, 5.74) is -4.09. The first-order chi connectivity index (χ1) is 66.3. The lowest BCUT2D eigenvalue weighted by Crippen LogP contribution is -2.52. The molecule has 31 heteroatoms. The molecule has 138 heavy (non-hydrogen) atoms. The van der Waals surface area contributed by atoms with Gasteiger partial charge in [0.05, 0.1) is 148 Å². The molecule has 0 spiro atoms. The van der Waals surface area contributed by atoms with E-state index in [2.05, 4.69) is 63.9 Å². The quantitative estimate of drug-likeness (QED) is 0.0373. The molecule has 4 aliphatic carbocycles. The fourth-order valence-electron chi connectivity index (χ4n) is 23.4. The number of rotatable bonds is 19. The van der Waals surface area contributed by atoms with Crippen molar-refractivity contribution in [1.29, 1.82) is 10.5 Å². The number of pyridine rings is 4. The first-order valence-corrected chi connectivity index (χ1v) is 47.5. The lowest BCUT2D eigenvalue weighted by atomic mass is 9.70. The Balaban J connectivity index is 0.000000132. The minimum Gasteiger partial charge on any atom is -0.495 e. The van der Waals surface area contributed by atoms with E-state index in [0.717, 1.165) is 36.8 Å². The van der Waals surface area contributed by atoms with Crippen molar-refractivity contribution in [2.24, 2.45) is 23.7 Å². The predicted octanol–water partition coefficient (Wildman–Crippen LogP) is 13.6. The molecule has 20 atom stereocenters. The first-order valence-electron chi connectivity index (χ1n) is 44.8. The molecular weight excluding hydrogens is 1910 g/mol. The molecule has 0 radical (unpaired) electrons. The third kappa shape index (κ3) is 15.5. The van der Waals surface area contributed by atoms with Crippen LogP contribution >= 0.6 is 44.0 Å². The van der Waals surface area contributed by atoms with Crippen LogP contribution < -0.4 is 37.9 Å². The highest BCUT2D eigenvalue weighted by Gasteiger charge is 2.82. The fourth-order valence-corrected chi connectivity index (χ4v) is 23.9. The molecule has 8 aliphatic rings. The SMILES string of the molecule is COc1cncc2c1[C@]1(O)[C@H](O)[C@H](C(=O)N(C)C)[C@@H](c3ccccc3)[C@]1(c1ccc(Br)cc1)O2.COc1cncc2c1[C@]1(O)[C@H](O)[C@H](CN(C)C)[C@@H](c3ccccc3)[C@]1(c1ccc(Br)cc1)O2.COc1cncc2c1[C@]1(O)[C@H](O)[C@H](CN(C)C)[C@@H](c3ccccc3)[C@]1(c1ccc(C#N)cc1)O2.COc1cncc2c1[C@]1(O)[C@H](O)[C@H](CN(C)C)[C@@H](c3ccccc3)[C@]1(c1ccc(C#N)cc1)O2.CSF. The number of carbonyl (C=O) groups excluding carboxylic acids is 1. The van der Waals surface area contributed by atoms with Crippen LogP contribution in [0.2, 0.25) is 0 Å². The van der Waals surface area contributed by atoms with Gasteiger partial charge >= 0.3 is 0 Å². The molecule has 716 valence electrons. The van der Waals surface area contributed by atoms with Gasteiger partial charge in [0, 0.05) is 103 Å². The molecule has 4 fully saturated rings. The van der Waals surface area contributed by atoms with Crippen molar-refractivity contribution in [3.63, 3.8) is 0 Å².